The number of anilines is 1. The second kappa shape index (κ2) is 13.9. The Bertz CT molecular complexity index is 1510. The molecule has 2 heterocycles. The molecule has 238 valence electrons. The number of carbonyl (C=O) groups is 2. The smallest absolute Gasteiger partial charge is 0.264 e. The van der Waals surface area contributed by atoms with Gasteiger partial charge in [-0.15, -0.1) is 0 Å². The fraction of sp³-hybridized carbons (Fsp3) is 0.515. The number of ether oxygens (including phenoxy) is 1. The zero-order valence-corrected chi connectivity index (χ0v) is 26.9. The molecule has 2 bridgehead atoms. The summed E-state index contributed by atoms with van der Waals surface area (Å²) in [5.74, 6) is -0.165. The number of aliphatic hydroxyl groups excluding tert-OH is 1. The van der Waals surface area contributed by atoms with Crippen LogP contribution in [0.5, 0.6) is 5.75 Å². The Hall–Kier alpha value is -3.08. The molecule has 4 atom stereocenters. The van der Waals surface area contributed by atoms with E-state index in [0.29, 0.717) is 36.9 Å². The van der Waals surface area contributed by atoms with E-state index in [0.717, 1.165) is 48.9 Å². The van der Waals surface area contributed by atoms with E-state index in [1.807, 2.05) is 18.2 Å². The number of carbonyl (C=O) groups excluding carboxylic acids is 2. The number of nitrogens with zero attached hydrogens (tertiary/aromatic N) is 2. The summed E-state index contributed by atoms with van der Waals surface area (Å²) in [4.78, 5) is 29.6. The van der Waals surface area contributed by atoms with Gasteiger partial charge in [-0.3, -0.25) is 9.59 Å². The van der Waals surface area contributed by atoms with Crippen LogP contribution in [0.3, 0.4) is 0 Å². The van der Waals surface area contributed by atoms with Gasteiger partial charge in [0.05, 0.1) is 17.0 Å². The Morgan fingerprint density at radius 1 is 1.11 bits per heavy atom. The number of hydrogen-bond donors (Lipinski definition) is 2. The molecule has 11 heteroatoms. The molecule has 2 amide bonds. The van der Waals surface area contributed by atoms with Crippen molar-refractivity contribution in [1.82, 2.24) is 9.62 Å². The minimum Gasteiger partial charge on any atom is -0.487 e. The van der Waals surface area contributed by atoms with Crippen molar-refractivity contribution in [3.63, 3.8) is 0 Å². The van der Waals surface area contributed by atoms with Crippen LogP contribution in [-0.4, -0.2) is 68.8 Å². The third-order valence-electron chi connectivity index (χ3n) is 9.17. The largest absolute Gasteiger partial charge is 0.487 e. The van der Waals surface area contributed by atoms with Crippen molar-refractivity contribution in [2.75, 3.05) is 32.1 Å². The van der Waals surface area contributed by atoms with E-state index in [1.54, 1.807) is 44.4 Å². The highest BCUT2D eigenvalue weighted by molar-refractivity contribution is 7.90. The summed E-state index contributed by atoms with van der Waals surface area (Å²) in [7, 11) is -1.06. The normalized spacial score (nSPS) is 26.4. The van der Waals surface area contributed by atoms with Gasteiger partial charge in [-0.05, 0) is 98.2 Å². The summed E-state index contributed by atoms with van der Waals surface area (Å²) < 4.78 is 35.6. The summed E-state index contributed by atoms with van der Waals surface area (Å²) in [6.45, 7) is 1.71. The zero-order valence-electron chi connectivity index (χ0n) is 25.4. The second-order valence-corrected chi connectivity index (χ2v) is 14.8. The average Bonchev–Trinajstić information content (AvgIpc) is 2.99. The highest BCUT2D eigenvalue weighted by Gasteiger charge is 2.37. The second-order valence-electron chi connectivity index (χ2n) is 12.4. The predicted octanol–water partition coefficient (Wildman–Crippen LogP) is 4.71. The third-order valence-corrected chi connectivity index (χ3v) is 11.2. The molecular formula is C33H42ClN3O6S. The number of nitrogens with one attached hydrogen (secondary N) is 1. The molecule has 44 heavy (non-hydrogen) atoms. The van der Waals surface area contributed by atoms with Crippen molar-refractivity contribution in [1.29, 1.82) is 0 Å². The number of aryl methyl sites for hydroxylation is 1. The molecule has 3 aliphatic rings. The van der Waals surface area contributed by atoms with Gasteiger partial charge in [0.25, 0.3) is 5.91 Å². The van der Waals surface area contributed by atoms with Crippen LogP contribution in [0.4, 0.5) is 5.69 Å². The lowest BCUT2D eigenvalue weighted by atomic mass is 9.70. The SMILES string of the molecule is CN(C)C(=O)C[C@@H]1CC/C=C/[C@H](O)[C@@H]2CC[C@H]2CN2CCCCc3cc(Cl)ccc3COc3ccc(cc32)C(=O)NS1(=O)=O. The summed E-state index contributed by atoms with van der Waals surface area (Å²) >= 11 is 6.30. The van der Waals surface area contributed by atoms with Crippen LogP contribution >= 0.6 is 11.6 Å². The molecule has 0 radical (unpaired) electrons. The first-order valence-electron chi connectivity index (χ1n) is 15.4. The fourth-order valence-electron chi connectivity index (χ4n) is 6.31. The lowest BCUT2D eigenvalue weighted by Gasteiger charge is -2.42. The molecule has 0 aromatic heterocycles. The van der Waals surface area contributed by atoms with Crippen molar-refractivity contribution >= 4 is 39.1 Å². The summed E-state index contributed by atoms with van der Waals surface area (Å²) in [5, 5.41) is 10.6. The van der Waals surface area contributed by atoms with E-state index in [2.05, 4.69) is 9.62 Å². The molecule has 2 N–H and O–H groups in total. The van der Waals surface area contributed by atoms with Crippen LogP contribution < -0.4 is 14.4 Å². The van der Waals surface area contributed by atoms with Gasteiger partial charge in [-0.1, -0.05) is 29.8 Å². The predicted molar refractivity (Wildman–Crippen MR) is 171 cm³/mol. The molecule has 1 fully saturated rings. The Balaban J connectivity index is 1.52. The molecule has 9 nitrogen and oxygen atoms in total. The van der Waals surface area contributed by atoms with E-state index < -0.39 is 27.3 Å². The maximum absolute atomic E-state index is 13.5. The van der Waals surface area contributed by atoms with Crippen LogP contribution in [0, 0.1) is 11.8 Å². The molecule has 2 aliphatic heterocycles. The van der Waals surface area contributed by atoms with Gasteiger partial charge in [0, 0.05) is 44.2 Å². The van der Waals surface area contributed by atoms with E-state index in [1.165, 1.54) is 4.90 Å². The van der Waals surface area contributed by atoms with E-state index in [-0.39, 0.29) is 36.1 Å². The quantitative estimate of drug-likeness (QED) is 0.456. The average molecular weight is 644 g/mol. The molecule has 1 aliphatic carbocycles. The number of sulfonamides is 1. The molecular weight excluding hydrogens is 602 g/mol. The Kier molecular flexibility index (Phi) is 10.2. The van der Waals surface area contributed by atoms with E-state index >= 15 is 0 Å². The highest BCUT2D eigenvalue weighted by atomic mass is 35.5. The number of amides is 2. The zero-order chi connectivity index (χ0) is 31.4. The van der Waals surface area contributed by atoms with Gasteiger partial charge in [0.15, 0.2) is 0 Å². The standard InChI is InChI=1S/C33H42ClN3O6S/c1-36(2)32(39)19-27-8-3-4-9-30(38)28-14-11-24(28)20-37-16-6-5-7-22-17-26(34)13-10-25(22)21-43-31-15-12-23(18-29(31)37)33(40)35-44(27,41)42/h4,9-10,12-13,15,17-18,24,27-28,30,38H,3,5-8,11,14,16,19-21H2,1-2H3,(H,35,40)/b9-4+/t24-,27-,28+,30-/m0/s1. The minimum atomic E-state index is -4.20. The Morgan fingerprint density at radius 2 is 1.93 bits per heavy atom. The summed E-state index contributed by atoms with van der Waals surface area (Å²) in [6, 6.07) is 10.8. The number of aliphatic hydroxyl groups is 1. The first-order valence-corrected chi connectivity index (χ1v) is 17.3. The number of rotatable bonds is 2. The number of benzene rings is 2. The van der Waals surface area contributed by atoms with E-state index in [9.17, 15) is 23.1 Å². The van der Waals surface area contributed by atoms with Crippen LogP contribution in [-0.2, 0) is 27.8 Å². The number of halogens is 1. The number of allylic oxidation sites excluding steroid dienone is 1. The Morgan fingerprint density at radius 3 is 2.68 bits per heavy atom. The topological polar surface area (TPSA) is 116 Å². The van der Waals surface area contributed by atoms with Gasteiger partial charge < -0.3 is 19.6 Å². The monoisotopic (exact) mass is 643 g/mol. The number of fused-ring (bicyclic) bond motifs is 3. The van der Waals surface area contributed by atoms with Crippen molar-refractivity contribution in [3.8, 4) is 5.75 Å². The molecule has 0 unspecified atom stereocenters. The van der Waals surface area contributed by atoms with Gasteiger partial charge in [0.1, 0.15) is 12.4 Å². The molecule has 5 rings (SSSR count). The van der Waals surface area contributed by atoms with Gasteiger partial charge in [0.2, 0.25) is 15.9 Å². The Labute approximate surface area is 265 Å². The van der Waals surface area contributed by atoms with Gasteiger partial charge in [-0.25, -0.2) is 13.1 Å². The number of hydrogen-bond acceptors (Lipinski definition) is 7. The molecule has 2 aromatic rings. The lowest BCUT2D eigenvalue weighted by molar-refractivity contribution is -0.128. The van der Waals surface area contributed by atoms with Crippen molar-refractivity contribution in [3.05, 3.63) is 70.3 Å². The van der Waals surface area contributed by atoms with Crippen LogP contribution in [0.2, 0.25) is 5.02 Å². The van der Waals surface area contributed by atoms with Crippen molar-refractivity contribution in [2.45, 2.75) is 69.3 Å². The molecule has 0 spiro atoms. The lowest BCUT2D eigenvalue weighted by Crippen LogP contribution is -2.43. The van der Waals surface area contributed by atoms with Crippen molar-refractivity contribution < 1.29 is 27.9 Å². The first-order chi connectivity index (χ1) is 21.0. The maximum Gasteiger partial charge on any atom is 0.264 e. The highest BCUT2D eigenvalue weighted by Crippen LogP contribution is 2.41. The molecule has 2 aromatic carbocycles. The molecule has 1 saturated carbocycles. The van der Waals surface area contributed by atoms with Crippen LogP contribution in [0.15, 0.2) is 48.6 Å². The third kappa shape index (κ3) is 7.58. The van der Waals surface area contributed by atoms with Gasteiger partial charge >= 0.3 is 0 Å². The maximum atomic E-state index is 13.5. The fourth-order valence-corrected chi connectivity index (χ4v) is 7.86. The van der Waals surface area contributed by atoms with Crippen LogP contribution in [0.25, 0.3) is 0 Å². The minimum absolute atomic E-state index is 0.0782. The summed E-state index contributed by atoms with van der Waals surface area (Å²) in [6.07, 6.45) is 7.71. The molecule has 0 saturated heterocycles. The summed E-state index contributed by atoms with van der Waals surface area (Å²) in [5.41, 5.74) is 3.10. The van der Waals surface area contributed by atoms with Gasteiger partial charge in [-0.2, -0.15) is 0 Å². The van der Waals surface area contributed by atoms with E-state index in [4.69, 9.17) is 16.3 Å². The first kappa shape index (κ1) is 32.3. The van der Waals surface area contributed by atoms with Crippen LogP contribution in [0.1, 0.15) is 66.4 Å². The van der Waals surface area contributed by atoms with Crippen molar-refractivity contribution in [2.24, 2.45) is 11.8 Å².